The van der Waals surface area contributed by atoms with Gasteiger partial charge in [-0.15, -0.1) is 0 Å². The van der Waals surface area contributed by atoms with Crippen molar-refractivity contribution in [3.8, 4) is 5.75 Å². The molecule has 2 rings (SSSR count). The number of nitrogens with one attached hydrogen (secondary N) is 1. The van der Waals surface area contributed by atoms with Crippen LogP contribution in [0, 0.1) is 0 Å². The number of aromatic nitrogens is 1. The van der Waals surface area contributed by atoms with Gasteiger partial charge in [-0.1, -0.05) is 45.4 Å². The largest absolute Gasteiger partial charge is 0.492 e. The van der Waals surface area contributed by atoms with Gasteiger partial charge in [0.25, 0.3) is 0 Å². The van der Waals surface area contributed by atoms with E-state index in [0.29, 0.717) is 19.6 Å². The summed E-state index contributed by atoms with van der Waals surface area (Å²) in [5.74, 6) is 0.741. The van der Waals surface area contributed by atoms with Crippen LogP contribution in [0.5, 0.6) is 5.75 Å². The summed E-state index contributed by atoms with van der Waals surface area (Å²) >= 11 is 0. The van der Waals surface area contributed by atoms with Crippen LogP contribution in [0.25, 0.3) is 10.9 Å². The highest BCUT2D eigenvalue weighted by molar-refractivity contribution is 5.89. The fourth-order valence-corrected chi connectivity index (χ4v) is 2.93. The highest BCUT2D eigenvalue weighted by Gasteiger charge is 2.14. The monoisotopic (exact) mass is 357 g/mol. The zero-order valence-corrected chi connectivity index (χ0v) is 16.3. The van der Waals surface area contributed by atoms with Crippen LogP contribution >= 0.6 is 0 Å². The highest BCUT2D eigenvalue weighted by Crippen LogP contribution is 2.27. The van der Waals surface area contributed by atoms with Crippen molar-refractivity contribution < 1.29 is 9.53 Å². The first-order chi connectivity index (χ1) is 12.7. The summed E-state index contributed by atoms with van der Waals surface area (Å²) in [5.41, 5.74) is 1.81. The molecular weight excluding hydrogens is 326 g/mol. The summed E-state index contributed by atoms with van der Waals surface area (Å²) in [4.78, 5) is 19.3. The van der Waals surface area contributed by atoms with E-state index in [2.05, 4.69) is 36.0 Å². The quantitative estimate of drug-likeness (QED) is 0.626. The molecule has 1 heterocycles. The van der Waals surface area contributed by atoms with Crippen LogP contribution in [0.3, 0.4) is 0 Å². The summed E-state index contributed by atoms with van der Waals surface area (Å²) < 4.78 is 5.91. The number of para-hydroxylation sites is 1. The number of pyridine rings is 1. The number of fused-ring (bicyclic) bond motifs is 1. The third kappa shape index (κ3) is 5.70. The molecule has 142 valence electrons. The molecular formula is C21H31N3O2. The summed E-state index contributed by atoms with van der Waals surface area (Å²) in [6, 6.07) is 7.91. The zero-order valence-electron chi connectivity index (χ0n) is 16.3. The average molecular weight is 357 g/mol. The van der Waals surface area contributed by atoms with E-state index in [1.165, 1.54) is 0 Å². The Morgan fingerprint density at radius 3 is 2.69 bits per heavy atom. The standard InChI is InChI=1S/C21H31N3O2/c1-4-7-14-26-20-16-23-19-11-9-8-10-17(19)18(20)15-21(25)22-12-13-24(5-2)6-3/h8-11,16H,4-7,12-15H2,1-3H3,(H,22,25). The van der Waals surface area contributed by atoms with Gasteiger partial charge in [-0.05, 0) is 25.6 Å². The fraction of sp³-hybridized carbons (Fsp3) is 0.524. The molecule has 0 aliphatic rings. The predicted octanol–water partition coefficient (Wildman–Crippen LogP) is 3.41. The molecule has 0 saturated heterocycles. The lowest BCUT2D eigenvalue weighted by Gasteiger charge is -2.18. The Labute approximate surface area is 156 Å². The third-order valence-electron chi connectivity index (χ3n) is 4.58. The number of nitrogens with zero attached hydrogens (tertiary/aromatic N) is 2. The Morgan fingerprint density at radius 1 is 1.19 bits per heavy atom. The van der Waals surface area contributed by atoms with Crippen LogP contribution in [0.2, 0.25) is 0 Å². The van der Waals surface area contributed by atoms with Crippen LogP contribution in [0.1, 0.15) is 39.2 Å². The number of benzene rings is 1. The van der Waals surface area contributed by atoms with Crippen molar-refractivity contribution >= 4 is 16.8 Å². The third-order valence-corrected chi connectivity index (χ3v) is 4.58. The van der Waals surface area contributed by atoms with Gasteiger partial charge in [-0.3, -0.25) is 9.78 Å². The van der Waals surface area contributed by atoms with Crippen LogP contribution in [0.4, 0.5) is 0 Å². The van der Waals surface area contributed by atoms with Crippen molar-refractivity contribution in [2.24, 2.45) is 0 Å². The molecule has 1 aromatic heterocycles. The Hall–Kier alpha value is -2.14. The molecule has 0 unspecified atom stereocenters. The lowest BCUT2D eigenvalue weighted by molar-refractivity contribution is -0.120. The van der Waals surface area contributed by atoms with Crippen LogP contribution in [0.15, 0.2) is 30.5 Å². The SMILES string of the molecule is CCCCOc1cnc2ccccc2c1CC(=O)NCCN(CC)CC. The van der Waals surface area contributed by atoms with Crippen molar-refractivity contribution in [1.82, 2.24) is 15.2 Å². The van der Waals surface area contributed by atoms with E-state index in [1.54, 1.807) is 6.20 Å². The van der Waals surface area contributed by atoms with Crippen molar-refractivity contribution in [3.05, 3.63) is 36.0 Å². The molecule has 0 aliphatic heterocycles. The summed E-state index contributed by atoms with van der Waals surface area (Å²) in [6.07, 6.45) is 4.11. The second-order valence-corrected chi connectivity index (χ2v) is 6.37. The predicted molar refractivity (Wildman–Crippen MR) is 107 cm³/mol. The van der Waals surface area contributed by atoms with Crippen molar-refractivity contribution in [2.45, 2.75) is 40.0 Å². The van der Waals surface area contributed by atoms with E-state index in [4.69, 9.17) is 4.74 Å². The first-order valence-electron chi connectivity index (χ1n) is 9.68. The van der Waals surface area contributed by atoms with Gasteiger partial charge in [-0.25, -0.2) is 0 Å². The number of hydrogen-bond donors (Lipinski definition) is 1. The minimum atomic E-state index is 0.0221. The van der Waals surface area contributed by atoms with Crippen LogP contribution in [-0.2, 0) is 11.2 Å². The Kier molecular flexibility index (Phi) is 8.35. The van der Waals surface area contributed by atoms with Gasteiger partial charge in [0.2, 0.25) is 5.91 Å². The number of likely N-dealkylation sites (N-methyl/N-ethyl adjacent to an activating group) is 1. The maximum atomic E-state index is 12.5. The molecule has 1 N–H and O–H groups in total. The van der Waals surface area contributed by atoms with Crippen LogP contribution in [-0.4, -0.2) is 48.6 Å². The minimum Gasteiger partial charge on any atom is -0.492 e. The van der Waals surface area contributed by atoms with Gasteiger partial charge in [0.05, 0.1) is 24.7 Å². The minimum absolute atomic E-state index is 0.0221. The Bertz CT molecular complexity index is 699. The van der Waals surface area contributed by atoms with E-state index < -0.39 is 0 Å². The number of amides is 1. The van der Waals surface area contributed by atoms with Gasteiger partial charge >= 0.3 is 0 Å². The van der Waals surface area contributed by atoms with Crippen LogP contribution < -0.4 is 10.1 Å². The number of rotatable bonds is 11. The molecule has 5 heteroatoms. The Morgan fingerprint density at radius 2 is 1.96 bits per heavy atom. The fourth-order valence-electron chi connectivity index (χ4n) is 2.93. The van der Waals surface area contributed by atoms with Gasteiger partial charge in [-0.2, -0.15) is 0 Å². The smallest absolute Gasteiger partial charge is 0.224 e. The zero-order chi connectivity index (χ0) is 18.8. The molecule has 0 atom stereocenters. The van der Waals surface area contributed by atoms with Crippen molar-refractivity contribution in [3.63, 3.8) is 0 Å². The van der Waals surface area contributed by atoms with E-state index in [0.717, 1.165) is 54.7 Å². The molecule has 0 bridgehead atoms. The molecule has 26 heavy (non-hydrogen) atoms. The summed E-state index contributed by atoms with van der Waals surface area (Å²) in [7, 11) is 0. The summed E-state index contributed by atoms with van der Waals surface area (Å²) in [5, 5.41) is 4.02. The first kappa shape index (κ1) is 20.2. The van der Waals surface area contributed by atoms with Gasteiger partial charge < -0.3 is 15.0 Å². The molecule has 5 nitrogen and oxygen atoms in total. The highest BCUT2D eigenvalue weighted by atomic mass is 16.5. The molecule has 0 saturated carbocycles. The number of unbranched alkanes of at least 4 members (excludes halogenated alkanes) is 1. The lowest BCUT2D eigenvalue weighted by Crippen LogP contribution is -2.35. The number of carbonyl (C=O) groups excluding carboxylic acids is 1. The van der Waals surface area contributed by atoms with E-state index >= 15 is 0 Å². The summed E-state index contributed by atoms with van der Waals surface area (Å²) in [6.45, 7) is 10.6. The lowest BCUT2D eigenvalue weighted by atomic mass is 10.0. The number of carbonyl (C=O) groups is 1. The normalized spacial score (nSPS) is 11.1. The maximum Gasteiger partial charge on any atom is 0.224 e. The molecule has 0 fully saturated rings. The molecule has 0 aliphatic carbocycles. The second kappa shape index (κ2) is 10.8. The van der Waals surface area contributed by atoms with Crippen molar-refractivity contribution in [1.29, 1.82) is 0 Å². The maximum absolute atomic E-state index is 12.5. The van der Waals surface area contributed by atoms with Gasteiger partial charge in [0.1, 0.15) is 5.75 Å². The topological polar surface area (TPSA) is 54.5 Å². The van der Waals surface area contributed by atoms with Gasteiger partial charge in [0.15, 0.2) is 0 Å². The van der Waals surface area contributed by atoms with Crippen molar-refractivity contribution in [2.75, 3.05) is 32.8 Å². The molecule has 1 aromatic carbocycles. The second-order valence-electron chi connectivity index (χ2n) is 6.37. The first-order valence-corrected chi connectivity index (χ1v) is 9.68. The van der Waals surface area contributed by atoms with E-state index in [1.807, 2.05) is 24.3 Å². The Balaban J connectivity index is 2.09. The molecule has 2 aromatic rings. The molecule has 0 spiro atoms. The number of ether oxygens (including phenoxy) is 1. The van der Waals surface area contributed by atoms with E-state index in [9.17, 15) is 4.79 Å². The van der Waals surface area contributed by atoms with E-state index in [-0.39, 0.29) is 5.91 Å². The number of hydrogen-bond acceptors (Lipinski definition) is 4. The van der Waals surface area contributed by atoms with Gasteiger partial charge in [0, 0.05) is 24.0 Å². The molecule has 1 amide bonds. The average Bonchev–Trinajstić information content (AvgIpc) is 2.67. The molecule has 0 radical (unpaired) electrons.